The van der Waals surface area contributed by atoms with Crippen molar-refractivity contribution < 1.29 is 0 Å². The summed E-state index contributed by atoms with van der Waals surface area (Å²) >= 11 is 0. The van der Waals surface area contributed by atoms with Crippen LogP contribution < -0.4 is 4.90 Å². The first-order valence-corrected chi connectivity index (χ1v) is 9.06. The monoisotopic (exact) mass is 300 g/mol. The van der Waals surface area contributed by atoms with Gasteiger partial charge in [-0.15, -0.1) is 0 Å². The summed E-state index contributed by atoms with van der Waals surface area (Å²) in [5.74, 6) is 0. The molecular formula is C20H32N2. The fourth-order valence-corrected chi connectivity index (χ4v) is 4.12. The molecule has 3 rings (SSSR count). The fraction of sp³-hybridized carbons (Fsp3) is 0.700. The number of nitrogens with zero attached hydrogens (tertiary/aromatic N) is 2. The van der Waals surface area contributed by atoms with Crippen LogP contribution in [-0.2, 0) is 5.41 Å². The lowest BCUT2D eigenvalue weighted by atomic mass is 9.87. The molecule has 0 N–H and O–H groups in total. The first-order chi connectivity index (χ1) is 10.4. The molecule has 1 aromatic rings. The van der Waals surface area contributed by atoms with Gasteiger partial charge in [0, 0.05) is 37.4 Å². The van der Waals surface area contributed by atoms with E-state index in [4.69, 9.17) is 0 Å². The van der Waals surface area contributed by atoms with Gasteiger partial charge in [-0.05, 0) is 42.9 Å². The van der Waals surface area contributed by atoms with Gasteiger partial charge in [0.2, 0.25) is 0 Å². The Morgan fingerprint density at radius 1 is 0.955 bits per heavy atom. The Morgan fingerprint density at radius 3 is 2.14 bits per heavy atom. The lowest BCUT2D eigenvalue weighted by Crippen LogP contribution is -2.54. The molecular weight excluding hydrogens is 268 g/mol. The lowest BCUT2D eigenvalue weighted by molar-refractivity contribution is 0.166. The highest BCUT2D eigenvalue weighted by atomic mass is 15.3. The Morgan fingerprint density at radius 2 is 1.59 bits per heavy atom. The summed E-state index contributed by atoms with van der Waals surface area (Å²) in [5.41, 5.74) is 3.06. The van der Waals surface area contributed by atoms with Crippen molar-refractivity contribution in [2.45, 2.75) is 70.9 Å². The Balaban J connectivity index is 1.66. The molecule has 0 aromatic heterocycles. The number of piperazine rings is 1. The number of benzene rings is 1. The number of hydrogen-bond acceptors (Lipinski definition) is 2. The van der Waals surface area contributed by atoms with Gasteiger partial charge in [0.25, 0.3) is 0 Å². The molecule has 0 amide bonds. The molecule has 2 heteroatoms. The van der Waals surface area contributed by atoms with E-state index in [1.54, 1.807) is 0 Å². The van der Waals surface area contributed by atoms with Crippen LogP contribution in [0.2, 0.25) is 0 Å². The lowest BCUT2D eigenvalue weighted by Gasteiger charge is -2.43. The minimum absolute atomic E-state index is 0.241. The van der Waals surface area contributed by atoms with Crippen molar-refractivity contribution in [1.82, 2.24) is 4.90 Å². The van der Waals surface area contributed by atoms with E-state index in [9.17, 15) is 0 Å². The summed E-state index contributed by atoms with van der Waals surface area (Å²) in [6.45, 7) is 12.9. The van der Waals surface area contributed by atoms with Crippen molar-refractivity contribution in [2.24, 2.45) is 0 Å². The number of rotatable bonds is 2. The zero-order chi connectivity index (χ0) is 15.7. The van der Waals surface area contributed by atoms with Gasteiger partial charge in [-0.25, -0.2) is 0 Å². The summed E-state index contributed by atoms with van der Waals surface area (Å²) in [4.78, 5) is 5.34. The van der Waals surface area contributed by atoms with E-state index in [-0.39, 0.29) is 5.41 Å². The van der Waals surface area contributed by atoms with Gasteiger partial charge in [-0.3, -0.25) is 4.90 Å². The Bertz CT molecular complexity index is 479. The average molecular weight is 300 g/mol. The van der Waals surface area contributed by atoms with E-state index in [1.807, 2.05) is 0 Å². The van der Waals surface area contributed by atoms with Gasteiger partial charge in [-0.2, -0.15) is 0 Å². The molecule has 0 radical (unpaired) electrons. The largest absolute Gasteiger partial charge is 0.366 e. The molecule has 0 bridgehead atoms. The summed E-state index contributed by atoms with van der Waals surface area (Å²) in [6.07, 6.45) is 5.72. The SMILES string of the molecule is CC1CN(C2CCCC2)CCN1c1ccc(C(C)(C)C)cc1. The molecule has 1 aromatic carbocycles. The molecule has 1 saturated heterocycles. The van der Waals surface area contributed by atoms with Gasteiger partial charge in [0.15, 0.2) is 0 Å². The molecule has 0 spiro atoms. The van der Waals surface area contributed by atoms with Crippen LogP contribution in [-0.4, -0.2) is 36.6 Å². The minimum Gasteiger partial charge on any atom is -0.366 e. The Labute approximate surface area is 136 Å². The third-order valence-electron chi connectivity index (χ3n) is 5.56. The van der Waals surface area contributed by atoms with E-state index >= 15 is 0 Å². The van der Waals surface area contributed by atoms with Crippen LogP contribution in [0, 0.1) is 0 Å². The van der Waals surface area contributed by atoms with Crippen molar-refractivity contribution in [1.29, 1.82) is 0 Å². The second-order valence-electron chi connectivity index (χ2n) is 8.27. The third kappa shape index (κ3) is 3.32. The van der Waals surface area contributed by atoms with Crippen LogP contribution in [0.5, 0.6) is 0 Å². The smallest absolute Gasteiger partial charge is 0.0389 e. The maximum atomic E-state index is 2.75. The van der Waals surface area contributed by atoms with Crippen molar-refractivity contribution in [3.8, 4) is 0 Å². The highest BCUT2D eigenvalue weighted by molar-refractivity contribution is 5.50. The van der Waals surface area contributed by atoms with Crippen molar-refractivity contribution in [2.75, 3.05) is 24.5 Å². The van der Waals surface area contributed by atoms with Gasteiger partial charge >= 0.3 is 0 Å². The van der Waals surface area contributed by atoms with E-state index in [1.165, 1.54) is 56.6 Å². The van der Waals surface area contributed by atoms with Gasteiger partial charge in [0.05, 0.1) is 0 Å². The normalized spacial score (nSPS) is 24.9. The van der Waals surface area contributed by atoms with Crippen LogP contribution in [0.4, 0.5) is 5.69 Å². The molecule has 1 aliphatic carbocycles. The predicted molar refractivity (Wildman–Crippen MR) is 95.8 cm³/mol. The van der Waals surface area contributed by atoms with Crippen molar-refractivity contribution in [3.63, 3.8) is 0 Å². The summed E-state index contributed by atoms with van der Waals surface area (Å²) < 4.78 is 0. The second kappa shape index (κ2) is 6.23. The zero-order valence-electron chi connectivity index (χ0n) is 14.8. The van der Waals surface area contributed by atoms with E-state index < -0.39 is 0 Å². The zero-order valence-corrected chi connectivity index (χ0v) is 14.8. The first-order valence-electron chi connectivity index (χ1n) is 9.06. The number of anilines is 1. The standard InChI is InChI=1S/C20H32N2/c1-16-15-21(18-7-5-6-8-18)13-14-22(16)19-11-9-17(10-12-19)20(2,3)4/h9-12,16,18H,5-8,13-15H2,1-4H3. The van der Waals surface area contributed by atoms with Crippen LogP contribution in [0.1, 0.15) is 58.9 Å². The van der Waals surface area contributed by atoms with Gasteiger partial charge < -0.3 is 4.90 Å². The van der Waals surface area contributed by atoms with E-state index in [0.717, 1.165) is 6.04 Å². The second-order valence-corrected chi connectivity index (χ2v) is 8.27. The Hall–Kier alpha value is -1.02. The highest BCUT2D eigenvalue weighted by Gasteiger charge is 2.30. The van der Waals surface area contributed by atoms with Crippen molar-refractivity contribution in [3.05, 3.63) is 29.8 Å². The summed E-state index contributed by atoms with van der Waals surface area (Å²) in [7, 11) is 0. The average Bonchev–Trinajstić information content (AvgIpc) is 3.00. The molecule has 1 atom stereocenters. The van der Waals surface area contributed by atoms with Crippen molar-refractivity contribution >= 4 is 5.69 Å². The topological polar surface area (TPSA) is 6.48 Å². The molecule has 1 saturated carbocycles. The van der Waals surface area contributed by atoms with E-state index in [2.05, 4.69) is 61.8 Å². The van der Waals surface area contributed by atoms with Crippen LogP contribution in [0.25, 0.3) is 0 Å². The van der Waals surface area contributed by atoms with Gasteiger partial charge in [0.1, 0.15) is 0 Å². The van der Waals surface area contributed by atoms with Crippen LogP contribution >= 0.6 is 0 Å². The molecule has 122 valence electrons. The maximum Gasteiger partial charge on any atom is 0.0389 e. The summed E-state index contributed by atoms with van der Waals surface area (Å²) in [5, 5.41) is 0. The molecule has 1 unspecified atom stereocenters. The molecule has 22 heavy (non-hydrogen) atoms. The predicted octanol–water partition coefficient (Wildman–Crippen LogP) is 4.44. The molecule has 1 aliphatic heterocycles. The first kappa shape index (κ1) is 15.9. The summed E-state index contributed by atoms with van der Waals surface area (Å²) in [6, 6.07) is 10.8. The highest BCUT2D eigenvalue weighted by Crippen LogP contribution is 2.29. The molecule has 2 nitrogen and oxygen atoms in total. The molecule has 2 fully saturated rings. The quantitative estimate of drug-likeness (QED) is 0.797. The van der Waals surface area contributed by atoms with Crippen LogP contribution in [0.15, 0.2) is 24.3 Å². The molecule has 2 aliphatic rings. The third-order valence-corrected chi connectivity index (χ3v) is 5.56. The van der Waals surface area contributed by atoms with Crippen LogP contribution in [0.3, 0.4) is 0 Å². The molecule has 1 heterocycles. The van der Waals surface area contributed by atoms with Gasteiger partial charge in [-0.1, -0.05) is 45.7 Å². The number of hydrogen-bond donors (Lipinski definition) is 0. The fourth-order valence-electron chi connectivity index (χ4n) is 4.12. The maximum absolute atomic E-state index is 2.75. The Kier molecular flexibility index (Phi) is 4.49. The minimum atomic E-state index is 0.241. The van der Waals surface area contributed by atoms with E-state index in [0.29, 0.717) is 6.04 Å².